The normalized spacial score (nSPS) is 22.4. The average molecular weight is 135 g/mol. The molecule has 1 aliphatic heterocycles. The van der Waals surface area contributed by atoms with Gasteiger partial charge in [0.2, 0.25) is 0 Å². The molecule has 1 N–H and O–H groups in total. The quantitative estimate of drug-likeness (QED) is 0.369. The Kier molecular flexibility index (Phi) is 3.93. The monoisotopic (exact) mass is 135 g/mol. The van der Waals surface area contributed by atoms with Gasteiger partial charge in [-0.1, -0.05) is 6.08 Å². The molecule has 0 aromatic carbocycles. The molecule has 0 fully saturated rings. The molecule has 0 saturated carbocycles. The number of carboxylic acids is 1. The summed E-state index contributed by atoms with van der Waals surface area (Å²) in [5.74, 6) is -1.03. The van der Waals surface area contributed by atoms with Crippen molar-refractivity contribution in [1.82, 2.24) is 5.32 Å². The van der Waals surface area contributed by atoms with Crippen LogP contribution in [0.3, 0.4) is 0 Å². The first-order valence-corrected chi connectivity index (χ1v) is 2.42. The van der Waals surface area contributed by atoms with Gasteiger partial charge in [0.05, 0.1) is 12.0 Å². The van der Waals surface area contributed by atoms with Crippen LogP contribution in [0.25, 0.3) is 0 Å². The Labute approximate surface area is 75.4 Å². The molecule has 0 radical (unpaired) electrons. The third-order valence-corrected chi connectivity index (χ3v) is 1.07. The molecule has 3 nitrogen and oxygen atoms in total. The molecular weight excluding hydrogens is 129 g/mol. The summed E-state index contributed by atoms with van der Waals surface area (Å²) in [5, 5.41) is 12.6. The Bertz CT molecular complexity index is 127. The van der Waals surface area contributed by atoms with Crippen molar-refractivity contribution < 1.29 is 39.5 Å². The molecule has 0 spiro atoms. The van der Waals surface area contributed by atoms with Crippen LogP contribution < -0.4 is 40.0 Å². The van der Waals surface area contributed by atoms with Gasteiger partial charge in [0.15, 0.2) is 0 Å². The van der Waals surface area contributed by atoms with Crippen molar-refractivity contribution in [1.29, 1.82) is 0 Å². The van der Waals surface area contributed by atoms with E-state index < -0.39 is 12.0 Å². The Hall–Kier alpha value is 0.0100. The van der Waals surface area contributed by atoms with Crippen LogP contribution in [0, 0.1) is 0 Å². The maximum atomic E-state index is 9.99. The van der Waals surface area contributed by atoms with Crippen LogP contribution in [-0.2, 0) is 4.79 Å². The Morgan fingerprint density at radius 1 is 1.78 bits per heavy atom. The minimum atomic E-state index is -1.03. The second-order valence-corrected chi connectivity index (χ2v) is 1.68. The summed E-state index contributed by atoms with van der Waals surface area (Å²) in [6, 6.07) is -0.491. The Balaban J connectivity index is 0.000000640. The van der Waals surface area contributed by atoms with Gasteiger partial charge in [0.25, 0.3) is 0 Å². The summed E-state index contributed by atoms with van der Waals surface area (Å²) in [4.78, 5) is 9.99. The van der Waals surface area contributed by atoms with Gasteiger partial charge >= 0.3 is 29.6 Å². The summed E-state index contributed by atoms with van der Waals surface area (Å²) in [6.45, 7) is 0. The van der Waals surface area contributed by atoms with E-state index >= 15 is 0 Å². The van der Waals surface area contributed by atoms with Gasteiger partial charge < -0.3 is 15.2 Å². The van der Waals surface area contributed by atoms with E-state index in [9.17, 15) is 9.90 Å². The van der Waals surface area contributed by atoms with E-state index in [1.54, 1.807) is 12.3 Å². The third kappa shape index (κ3) is 2.39. The van der Waals surface area contributed by atoms with Crippen LogP contribution in [0.4, 0.5) is 0 Å². The average Bonchev–Trinajstić information content (AvgIpc) is 2.12. The first-order valence-electron chi connectivity index (χ1n) is 2.42. The molecule has 0 aromatic heterocycles. The number of rotatable bonds is 1. The number of aliphatic carboxylic acids is 1. The van der Waals surface area contributed by atoms with Gasteiger partial charge in [0.1, 0.15) is 0 Å². The fourth-order valence-electron chi connectivity index (χ4n) is 0.621. The molecule has 4 heteroatoms. The van der Waals surface area contributed by atoms with Crippen LogP contribution in [0.15, 0.2) is 12.3 Å². The Morgan fingerprint density at radius 2 is 2.44 bits per heavy atom. The topological polar surface area (TPSA) is 52.2 Å². The predicted molar refractivity (Wildman–Crippen MR) is 25.7 cm³/mol. The number of carbonyl (C=O) groups is 1. The molecule has 0 saturated heterocycles. The van der Waals surface area contributed by atoms with E-state index in [2.05, 4.69) is 5.32 Å². The fourth-order valence-corrected chi connectivity index (χ4v) is 0.621. The number of hydrogen-bond donors (Lipinski definition) is 1. The van der Waals surface area contributed by atoms with Crippen molar-refractivity contribution in [3.63, 3.8) is 0 Å². The van der Waals surface area contributed by atoms with Gasteiger partial charge in [-0.25, -0.2) is 0 Å². The van der Waals surface area contributed by atoms with Gasteiger partial charge in [0, 0.05) is 0 Å². The molecule has 0 amide bonds. The fraction of sp³-hybridized carbons (Fsp3) is 0.400. The largest absolute Gasteiger partial charge is 1.00 e. The Morgan fingerprint density at radius 3 is 2.67 bits per heavy atom. The van der Waals surface area contributed by atoms with Crippen LogP contribution in [-0.4, -0.2) is 12.0 Å². The minimum absolute atomic E-state index is 0. The van der Waals surface area contributed by atoms with Gasteiger partial charge in [-0.3, -0.25) is 0 Å². The molecular formula is C5H6NNaO2. The maximum Gasteiger partial charge on any atom is 1.00 e. The van der Waals surface area contributed by atoms with E-state index in [0.29, 0.717) is 6.42 Å². The predicted octanol–water partition coefficient (Wildman–Crippen LogP) is -4.38. The number of carbonyl (C=O) groups excluding carboxylic acids is 1. The van der Waals surface area contributed by atoms with Crippen molar-refractivity contribution in [2.24, 2.45) is 0 Å². The SMILES string of the molecule is O=C([O-])C1CC=CN1.[Na+]. The van der Waals surface area contributed by atoms with E-state index in [0.717, 1.165) is 0 Å². The zero-order valence-corrected chi connectivity index (χ0v) is 7.26. The first-order chi connectivity index (χ1) is 3.80. The third-order valence-electron chi connectivity index (χ3n) is 1.07. The molecule has 9 heavy (non-hydrogen) atoms. The van der Waals surface area contributed by atoms with Crippen molar-refractivity contribution in [3.05, 3.63) is 12.3 Å². The van der Waals surface area contributed by atoms with Crippen LogP contribution in [0.2, 0.25) is 0 Å². The smallest absolute Gasteiger partial charge is 0.548 e. The van der Waals surface area contributed by atoms with Crippen LogP contribution in [0.1, 0.15) is 6.42 Å². The molecule has 0 aliphatic carbocycles. The summed E-state index contributed by atoms with van der Waals surface area (Å²) in [7, 11) is 0. The molecule has 1 atom stereocenters. The standard InChI is InChI=1S/C5H7NO2.Na/c7-5(8)4-2-1-3-6-4;/h1,3-4,6H,2H2,(H,7,8);/q;+1/p-1. The van der Waals surface area contributed by atoms with Crippen LogP contribution >= 0.6 is 0 Å². The second-order valence-electron chi connectivity index (χ2n) is 1.68. The maximum absolute atomic E-state index is 9.99. The van der Waals surface area contributed by atoms with Crippen molar-refractivity contribution >= 4 is 5.97 Å². The summed E-state index contributed by atoms with van der Waals surface area (Å²) < 4.78 is 0. The number of nitrogens with one attached hydrogen (secondary N) is 1. The zero-order valence-electron chi connectivity index (χ0n) is 5.26. The second kappa shape index (κ2) is 3.93. The van der Waals surface area contributed by atoms with Crippen molar-refractivity contribution in [3.8, 4) is 0 Å². The first kappa shape index (κ1) is 9.01. The zero-order chi connectivity index (χ0) is 5.98. The van der Waals surface area contributed by atoms with E-state index in [1.807, 2.05) is 0 Å². The summed E-state index contributed by atoms with van der Waals surface area (Å²) in [6.07, 6.45) is 3.93. The van der Waals surface area contributed by atoms with Gasteiger partial charge in [-0.15, -0.1) is 0 Å². The van der Waals surface area contributed by atoms with E-state index in [1.165, 1.54) is 0 Å². The van der Waals surface area contributed by atoms with E-state index in [4.69, 9.17) is 0 Å². The van der Waals surface area contributed by atoms with Crippen LogP contribution in [0.5, 0.6) is 0 Å². The van der Waals surface area contributed by atoms with Gasteiger partial charge in [-0.05, 0) is 12.6 Å². The van der Waals surface area contributed by atoms with Crippen molar-refractivity contribution in [2.75, 3.05) is 0 Å². The molecule has 0 bridgehead atoms. The number of carboxylic acid groups (broad SMARTS) is 1. The van der Waals surface area contributed by atoms with Gasteiger partial charge in [-0.2, -0.15) is 0 Å². The molecule has 1 rings (SSSR count). The molecule has 0 aromatic rings. The minimum Gasteiger partial charge on any atom is -0.548 e. The molecule has 1 unspecified atom stereocenters. The molecule has 44 valence electrons. The molecule has 1 heterocycles. The summed E-state index contributed by atoms with van der Waals surface area (Å²) in [5.41, 5.74) is 0. The molecule has 1 aliphatic rings. The summed E-state index contributed by atoms with van der Waals surface area (Å²) >= 11 is 0. The van der Waals surface area contributed by atoms with Crippen molar-refractivity contribution in [2.45, 2.75) is 12.5 Å². The van der Waals surface area contributed by atoms with E-state index in [-0.39, 0.29) is 29.6 Å². The number of hydrogen-bond acceptors (Lipinski definition) is 3.